The number of aryl methyl sites for hydroxylation is 1. The lowest BCUT2D eigenvalue weighted by atomic mass is 10.3. The van der Waals surface area contributed by atoms with Gasteiger partial charge in [0, 0.05) is 17.4 Å². The largest absolute Gasteiger partial charge is 0.435 e. The van der Waals surface area contributed by atoms with Crippen LogP contribution < -0.4 is 15.8 Å². The Balaban J connectivity index is 2.13. The molecule has 1 heterocycles. The van der Waals surface area contributed by atoms with E-state index in [0.717, 1.165) is 5.56 Å². The maximum absolute atomic E-state index is 12.0. The molecule has 100 valence electrons. The zero-order valence-corrected chi connectivity index (χ0v) is 10.1. The third-order valence-electron chi connectivity index (χ3n) is 2.33. The second kappa shape index (κ2) is 5.47. The van der Waals surface area contributed by atoms with Crippen LogP contribution in [0.1, 0.15) is 5.56 Å². The van der Waals surface area contributed by atoms with Gasteiger partial charge in [-0.3, -0.25) is 0 Å². The number of ether oxygens (including phenoxy) is 1. The molecule has 1 aromatic carbocycles. The Bertz CT molecular complexity index is 560. The zero-order chi connectivity index (χ0) is 13.8. The van der Waals surface area contributed by atoms with Gasteiger partial charge in [-0.25, -0.2) is 4.98 Å². The summed E-state index contributed by atoms with van der Waals surface area (Å²) in [7, 11) is 0. The zero-order valence-electron chi connectivity index (χ0n) is 10.1. The number of anilines is 3. The molecule has 0 atom stereocenters. The number of hydrogen-bond donors (Lipinski definition) is 2. The van der Waals surface area contributed by atoms with Crippen molar-refractivity contribution >= 4 is 17.5 Å². The van der Waals surface area contributed by atoms with Crippen LogP contribution in [0.2, 0.25) is 0 Å². The molecule has 7 heteroatoms. The third-order valence-corrected chi connectivity index (χ3v) is 2.33. The van der Waals surface area contributed by atoms with E-state index in [0.29, 0.717) is 11.5 Å². The average Bonchev–Trinajstić information content (AvgIpc) is 2.35. The van der Waals surface area contributed by atoms with Crippen LogP contribution in [-0.2, 0) is 0 Å². The van der Waals surface area contributed by atoms with Gasteiger partial charge in [0.1, 0.15) is 11.6 Å². The minimum absolute atomic E-state index is 0.0967. The van der Waals surface area contributed by atoms with Crippen molar-refractivity contribution in [3.63, 3.8) is 0 Å². The van der Waals surface area contributed by atoms with Crippen LogP contribution in [0, 0.1) is 6.92 Å². The summed E-state index contributed by atoms with van der Waals surface area (Å²) >= 11 is 0. The highest BCUT2D eigenvalue weighted by Gasteiger charge is 2.05. The minimum atomic E-state index is -2.83. The highest BCUT2D eigenvalue weighted by atomic mass is 19.3. The molecule has 0 fully saturated rings. The first-order valence-electron chi connectivity index (χ1n) is 5.45. The number of nitrogens with zero attached hydrogens (tertiary/aromatic N) is 2. The Labute approximate surface area is 108 Å². The van der Waals surface area contributed by atoms with Gasteiger partial charge < -0.3 is 15.8 Å². The Morgan fingerprint density at radius 2 is 1.95 bits per heavy atom. The van der Waals surface area contributed by atoms with Crippen LogP contribution in [0.4, 0.5) is 26.2 Å². The van der Waals surface area contributed by atoms with Gasteiger partial charge in [-0.15, -0.1) is 0 Å². The van der Waals surface area contributed by atoms with Crippen molar-refractivity contribution < 1.29 is 13.5 Å². The summed E-state index contributed by atoms with van der Waals surface area (Å²) in [6.07, 6.45) is 1.60. The van der Waals surface area contributed by atoms with Crippen LogP contribution in [0.15, 0.2) is 30.5 Å². The summed E-state index contributed by atoms with van der Waals surface area (Å²) in [6.45, 7) is -1.00. The summed E-state index contributed by atoms with van der Waals surface area (Å²) in [5.41, 5.74) is 7.00. The third kappa shape index (κ3) is 3.51. The van der Waals surface area contributed by atoms with Crippen molar-refractivity contribution in [1.29, 1.82) is 0 Å². The maximum Gasteiger partial charge on any atom is 0.387 e. The number of benzene rings is 1. The standard InChI is InChI=1S/C12H12F2N4O/c1-7-6-16-12(15)18-10(7)17-8-2-4-9(5-3-8)19-11(13)14/h2-6,11H,1H3,(H3,15,16,17,18). The van der Waals surface area contributed by atoms with Gasteiger partial charge in [-0.1, -0.05) is 0 Å². The Morgan fingerprint density at radius 1 is 1.26 bits per heavy atom. The van der Waals surface area contributed by atoms with Gasteiger partial charge in [0.25, 0.3) is 0 Å². The van der Waals surface area contributed by atoms with E-state index in [1.165, 1.54) is 12.1 Å². The molecule has 19 heavy (non-hydrogen) atoms. The molecule has 0 unspecified atom stereocenters. The second-order valence-corrected chi connectivity index (χ2v) is 3.79. The molecule has 0 saturated heterocycles. The number of halogens is 2. The van der Waals surface area contributed by atoms with Gasteiger partial charge >= 0.3 is 6.61 Å². The van der Waals surface area contributed by atoms with E-state index in [2.05, 4.69) is 20.0 Å². The minimum Gasteiger partial charge on any atom is -0.435 e. The average molecular weight is 266 g/mol. The molecule has 3 N–H and O–H groups in total. The molecule has 0 spiro atoms. The van der Waals surface area contributed by atoms with Crippen LogP contribution >= 0.6 is 0 Å². The first-order valence-corrected chi connectivity index (χ1v) is 5.45. The van der Waals surface area contributed by atoms with Gasteiger partial charge in [0.05, 0.1) is 0 Å². The van der Waals surface area contributed by atoms with E-state index < -0.39 is 6.61 Å². The lowest BCUT2D eigenvalue weighted by molar-refractivity contribution is -0.0498. The topological polar surface area (TPSA) is 73.1 Å². The summed E-state index contributed by atoms with van der Waals surface area (Å²) in [4.78, 5) is 7.89. The molecule has 0 radical (unpaired) electrons. The van der Waals surface area contributed by atoms with E-state index in [-0.39, 0.29) is 11.7 Å². The van der Waals surface area contributed by atoms with Gasteiger partial charge in [-0.05, 0) is 31.2 Å². The summed E-state index contributed by atoms with van der Waals surface area (Å²) < 4.78 is 28.2. The summed E-state index contributed by atoms with van der Waals surface area (Å²) in [5, 5.41) is 3.02. The molecule has 5 nitrogen and oxygen atoms in total. The van der Waals surface area contributed by atoms with Gasteiger partial charge in [0.15, 0.2) is 0 Å². The van der Waals surface area contributed by atoms with Crippen molar-refractivity contribution in [1.82, 2.24) is 9.97 Å². The van der Waals surface area contributed by atoms with Gasteiger partial charge in [0.2, 0.25) is 5.95 Å². The van der Waals surface area contributed by atoms with Crippen molar-refractivity contribution in [2.45, 2.75) is 13.5 Å². The van der Waals surface area contributed by atoms with E-state index in [4.69, 9.17) is 5.73 Å². The molecule has 2 rings (SSSR count). The molecule has 0 saturated carbocycles. The molecule has 1 aromatic heterocycles. The van der Waals surface area contributed by atoms with E-state index in [1.54, 1.807) is 18.3 Å². The van der Waals surface area contributed by atoms with Crippen molar-refractivity contribution in [2.24, 2.45) is 0 Å². The number of alkyl halides is 2. The molecular weight excluding hydrogens is 254 g/mol. The lowest BCUT2D eigenvalue weighted by Gasteiger charge is -2.09. The molecule has 0 aliphatic heterocycles. The van der Waals surface area contributed by atoms with Crippen molar-refractivity contribution in [3.05, 3.63) is 36.0 Å². The van der Waals surface area contributed by atoms with Crippen LogP contribution in [0.3, 0.4) is 0 Å². The van der Waals surface area contributed by atoms with Crippen molar-refractivity contribution in [2.75, 3.05) is 11.1 Å². The summed E-state index contributed by atoms with van der Waals surface area (Å²) in [6, 6.07) is 6.09. The first kappa shape index (κ1) is 13.0. The van der Waals surface area contributed by atoms with Crippen LogP contribution in [0.5, 0.6) is 5.75 Å². The number of aromatic nitrogens is 2. The second-order valence-electron chi connectivity index (χ2n) is 3.79. The van der Waals surface area contributed by atoms with E-state index in [1.807, 2.05) is 6.92 Å². The first-order chi connectivity index (χ1) is 9.04. The number of nitrogens with one attached hydrogen (secondary N) is 1. The molecule has 0 aliphatic rings. The van der Waals surface area contributed by atoms with Gasteiger partial charge in [-0.2, -0.15) is 13.8 Å². The molecule has 2 aromatic rings. The normalized spacial score (nSPS) is 10.5. The lowest BCUT2D eigenvalue weighted by Crippen LogP contribution is -2.03. The number of nitrogen functional groups attached to an aromatic ring is 1. The number of nitrogens with two attached hydrogens (primary N) is 1. The monoisotopic (exact) mass is 266 g/mol. The number of rotatable bonds is 4. The quantitative estimate of drug-likeness (QED) is 0.890. The fourth-order valence-electron chi connectivity index (χ4n) is 1.44. The Morgan fingerprint density at radius 3 is 2.58 bits per heavy atom. The number of hydrogen-bond acceptors (Lipinski definition) is 5. The van der Waals surface area contributed by atoms with Crippen LogP contribution in [0.25, 0.3) is 0 Å². The molecule has 0 amide bonds. The van der Waals surface area contributed by atoms with Crippen LogP contribution in [-0.4, -0.2) is 16.6 Å². The predicted octanol–water partition coefficient (Wildman–Crippen LogP) is 2.71. The maximum atomic E-state index is 12.0. The fourth-order valence-corrected chi connectivity index (χ4v) is 1.44. The highest BCUT2D eigenvalue weighted by molar-refractivity contribution is 5.60. The fraction of sp³-hybridized carbons (Fsp3) is 0.167. The summed E-state index contributed by atoms with van der Waals surface area (Å²) in [5.74, 6) is 0.820. The molecular formula is C12H12F2N4O. The molecule has 0 bridgehead atoms. The SMILES string of the molecule is Cc1cnc(N)nc1Nc1ccc(OC(F)F)cc1. The Hall–Kier alpha value is -2.44. The van der Waals surface area contributed by atoms with E-state index >= 15 is 0 Å². The predicted molar refractivity (Wildman–Crippen MR) is 67.5 cm³/mol. The van der Waals surface area contributed by atoms with Crippen molar-refractivity contribution in [3.8, 4) is 5.75 Å². The van der Waals surface area contributed by atoms with E-state index in [9.17, 15) is 8.78 Å². The molecule has 0 aliphatic carbocycles. The Kier molecular flexibility index (Phi) is 3.74. The highest BCUT2D eigenvalue weighted by Crippen LogP contribution is 2.22. The smallest absolute Gasteiger partial charge is 0.387 e.